The summed E-state index contributed by atoms with van der Waals surface area (Å²) in [5, 5.41) is 14.7. The average Bonchev–Trinajstić information content (AvgIpc) is 2.82. The number of hydrogen-bond donors (Lipinski definition) is 1. The van der Waals surface area contributed by atoms with E-state index in [-0.39, 0.29) is 11.7 Å². The molecular formula is C13H12N4OS2. The van der Waals surface area contributed by atoms with Crippen LogP contribution in [0.15, 0.2) is 22.5 Å². The zero-order valence-electron chi connectivity index (χ0n) is 11.0. The molecule has 0 saturated heterocycles. The lowest BCUT2D eigenvalue weighted by Gasteiger charge is -2.04. The van der Waals surface area contributed by atoms with Gasteiger partial charge in [-0.3, -0.25) is 4.79 Å². The number of thiophene rings is 1. The molecule has 0 aromatic carbocycles. The van der Waals surface area contributed by atoms with Crippen LogP contribution in [-0.4, -0.2) is 21.6 Å². The summed E-state index contributed by atoms with van der Waals surface area (Å²) in [6, 6.07) is 5.57. The fraction of sp³-hybridized carbons (Fsp3) is 0.231. The Morgan fingerprint density at radius 3 is 3.00 bits per heavy atom. The number of rotatable bonds is 4. The van der Waals surface area contributed by atoms with Crippen molar-refractivity contribution in [3.05, 3.63) is 34.6 Å². The minimum absolute atomic E-state index is 0.150. The Labute approximate surface area is 125 Å². The summed E-state index contributed by atoms with van der Waals surface area (Å²) in [6.45, 7) is 3.71. The summed E-state index contributed by atoms with van der Waals surface area (Å²) in [6.07, 6.45) is 0. The van der Waals surface area contributed by atoms with Gasteiger partial charge in [0.15, 0.2) is 0 Å². The van der Waals surface area contributed by atoms with Crippen LogP contribution in [0, 0.1) is 25.2 Å². The van der Waals surface area contributed by atoms with Crippen LogP contribution < -0.4 is 5.32 Å². The first kappa shape index (κ1) is 14.5. The highest BCUT2D eigenvalue weighted by Gasteiger charge is 2.09. The Kier molecular flexibility index (Phi) is 4.71. The molecule has 0 saturated carbocycles. The van der Waals surface area contributed by atoms with Crippen LogP contribution >= 0.6 is 23.1 Å². The molecule has 0 bridgehead atoms. The van der Waals surface area contributed by atoms with Crippen LogP contribution in [0.1, 0.15) is 17.1 Å². The molecular weight excluding hydrogens is 292 g/mol. The molecule has 7 heteroatoms. The molecule has 1 amide bonds. The van der Waals surface area contributed by atoms with Crippen molar-refractivity contribution in [1.82, 2.24) is 9.97 Å². The first-order chi connectivity index (χ1) is 9.58. The highest BCUT2D eigenvalue weighted by Crippen LogP contribution is 2.23. The number of carbonyl (C=O) groups is 1. The molecule has 2 aromatic heterocycles. The number of nitrogens with one attached hydrogen (secondary N) is 1. The van der Waals surface area contributed by atoms with Crippen molar-refractivity contribution < 1.29 is 4.79 Å². The van der Waals surface area contributed by atoms with Crippen molar-refractivity contribution in [2.75, 3.05) is 11.1 Å². The summed E-state index contributed by atoms with van der Waals surface area (Å²) < 4.78 is 0. The van der Waals surface area contributed by atoms with Gasteiger partial charge in [-0.25, -0.2) is 9.97 Å². The minimum atomic E-state index is -0.150. The lowest BCUT2D eigenvalue weighted by molar-refractivity contribution is -0.113. The molecule has 0 radical (unpaired) electrons. The second-order valence-electron chi connectivity index (χ2n) is 4.01. The van der Waals surface area contributed by atoms with Gasteiger partial charge in [-0.15, -0.1) is 11.3 Å². The number of aromatic nitrogens is 2. The van der Waals surface area contributed by atoms with Gasteiger partial charge >= 0.3 is 0 Å². The van der Waals surface area contributed by atoms with E-state index in [1.165, 1.54) is 23.1 Å². The van der Waals surface area contributed by atoms with Crippen LogP contribution in [0.25, 0.3) is 0 Å². The molecule has 0 atom stereocenters. The molecule has 1 N–H and O–H groups in total. The van der Waals surface area contributed by atoms with E-state index in [0.29, 0.717) is 16.4 Å². The maximum atomic E-state index is 11.8. The number of nitriles is 1. The van der Waals surface area contributed by atoms with Crippen molar-refractivity contribution in [2.45, 2.75) is 18.9 Å². The van der Waals surface area contributed by atoms with E-state index < -0.39 is 0 Å². The van der Waals surface area contributed by atoms with E-state index in [1.807, 2.05) is 26.0 Å². The number of anilines is 1. The van der Waals surface area contributed by atoms with E-state index in [9.17, 15) is 4.79 Å². The lowest BCUT2D eigenvalue weighted by Crippen LogP contribution is -2.14. The normalized spacial score (nSPS) is 10.1. The molecule has 2 aromatic rings. The third kappa shape index (κ3) is 3.79. The molecule has 2 heterocycles. The predicted octanol–water partition coefficient (Wildman–Crippen LogP) is 2.76. The van der Waals surface area contributed by atoms with Crippen molar-refractivity contribution in [3.63, 3.8) is 0 Å². The highest BCUT2D eigenvalue weighted by molar-refractivity contribution is 7.99. The van der Waals surface area contributed by atoms with Crippen molar-refractivity contribution in [1.29, 1.82) is 5.26 Å². The summed E-state index contributed by atoms with van der Waals surface area (Å²) >= 11 is 2.69. The van der Waals surface area contributed by atoms with Crippen molar-refractivity contribution in [3.8, 4) is 6.07 Å². The van der Waals surface area contributed by atoms with Crippen LogP contribution in [0.4, 0.5) is 5.00 Å². The molecule has 0 aliphatic carbocycles. The first-order valence-corrected chi connectivity index (χ1v) is 7.67. The molecule has 0 aliphatic heterocycles. The maximum Gasteiger partial charge on any atom is 0.235 e. The molecule has 2 rings (SSSR count). The molecule has 0 unspecified atom stereocenters. The fourth-order valence-electron chi connectivity index (χ4n) is 1.55. The van der Waals surface area contributed by atoms with Gasteiger partial charge in [-0.1, -0.05) is 11.8 Å². The van der Waals surface area contributed by atoms with E-state index in [4.69, 9.17) is 5.26 Å². The van der Waals surface area contributed by atoms with Crippen LogP contribution in [0.2, 0.25) is 0 Å². The summed E-state index contributed by atoms with van der Waals surface area (Å²) in [7, 11) is 0. The van der Waals surface area contributed by atoms with Gasteiger partial charge in [0.05, 0.1) is 11.3 Å². The summed E-state index contributed by atoms with van der Waals surface area (Å²) in [4.78, 5) is 20.3. The number of hydrogen-bond acceptors (Lipinski definition) is 6. The van der Waals surface area contributed by atoms with Crippen LogP contribution in [-0.2, 0) is 4.79 Å². The quantitative estimate of drug-likeness (QED) is 0.694. The molecule has 0 spiro atoms. The molecule has 20 heavy (non-hydrogen) atoms. The second-order valence-corrected chi connectivity index (χ2v) is 5.92. The number of aryl methyl sites for hydroxylation is 2. The van der Waals surface area contributed by atoms with Crippen LogP contribution in [0.3, 0.4) is 0 Å². The number of nitrogens with zero attached hydrogens (tertiary/aromatic N) is 3. The summed E-state index contributed by atoms with van der Waals surface area (Å²) in [5.41, 5.74) is 1.37. The zero-order chi connectivity index (χ0) is 14.5. The Bertz CT molecular complexity index is 655. The van der Waals surface area contributed by atoms with E-state index in [0.717, 1.165) is 10.7 Å². The third-order valence-corrected chi connectivity index (χ3v) is 4.07. The van der Waals surface area contributed by atoms with Gasteiger partial charge < -0.3 is 5.32 Å². The molecule has 0 fully saturated rings. The maximum absolute atomic E-state index is 11.8. The summed E-state index contributed by atoms with van der Waals surface area (Å²) in [5.74, 6) is 0.791. The largest absolute Gasteiger partial charge is 0.316 e. The zero-order valence-corrected chi connectivity index (χ0v) is 12.6. The van der Waals surface area contributed by atoms with Gasteiger partial charge in [0.1, 0.15) is 21.9 Å². The van der Waals surface area contributed by atoms with Crippen molar-refractivity contribution >= 4 is 34.0 Å². The number of thioether (sulfide) groups is 1. The fourth-order valence-corrected chi connectivity index (χ4v) is 3.11. The Morgan fingerprint density at radius 1 is 1.50 bits per heavy atom. The Morgan fingerprint density at radius 2 is 2.30 bits per heavy atom. The standard InChI is InChI=1S/C13H12N4OS2/c1-8-5-12(16-9(2)15-8)20-7-11(18)17-13-10(6-14)3-4-19-13/h3-5H,7H2,1-2H3,(H,17,18). The topological polar surface area (TPSA) is 78.7 Å². The van der Waals surface area contributed by atoms with Crippen LogP contribution in [0.5, 0.6) is 0 Å². The third-order valence-electron chi connectivity index (χ3n) is 2.33. The average molecular weight is 304 g/mol. The van der Waals surface area contributed by atoms with Gasteiger partial charge in [0.25, 0.3) is 0 Å². The highest BCUT2D eigenvalue weighted by atomic mass is 32.2. The van der Waals surface area contributed by atoms with Gasteiger partial charge in [-0.05, 0) is 31.4 Å². The van der Waals surface area contributed by atoms with E-state index in [1.54, 1.807) is 11.4 Å². The smallest absolute Gasteiger partial charge is 0.235 e. The Balaban J connectivity index is 1.94. The molecule has 0 aliphatic rings. The van der Waals surface area contributed by atoms with Gasteiger partial charge in [-0.2, -0.15) is 5.26 Å². The second kappa shape index (κ2) is 6.50. The van der Waals surface area contributed by atoms with Gasteiger partial charge in [0, 0.05) is 5.69 Å². The molecule has 5 nitrogen and oxygen atoms in total. The van der Waals surface area contributed by atoms with E-state index >= 15 is 0 Å². The minimum Gasteiger partial charge on any atom is -0.316 e. The van der Waals surface area contributed by atoms with Crippen molar-refractivity contribution in [2.24, 2.45) is 0 Å². The number of carbonyl (C=O) groups excluding carboxylic acids is 1. The monoisotopic (exact) mass is 304 g/mol. The Hall–Kier alpha value is -1.91. The lowest BCUT2D eigenvalue weighted by atomic mass is 10.3. The first-order valence-electron chi connectivity index (χ1n) is 5.81. The molecule has 102 valence electrons. The number of amides is 1. The van der Waals surface area contributed by atoms with E-state index in [2.05, 4.69) is 15.3 Å². The van der Waals surface area contributed by atoms with Gasteiger partial charge in [0.2, 0.25) is 5.91 Å². The predicted molar refractivity (Wildman–Crippen MR) is 79.9 cm³/mol. The SMILES string of the molecule is Cc1cc(SCC(=O)Nc2sccc2C#N)nc(C)n1.